The standard InChI is InChI=1S/C15H20N4O/c1-2-8-16-10-15(20)18-14-9-17-19(12-14)11-13-6-4-3-5-7-13/h3-7,9,12,16H,2,8,10-11H2,1H3,(H,18,20). The predicted molar refractivity (Wildman–Crippen MR) is 79.6 cm³/mol. The molecule has 106 valence electrons. The summed E-state index contributed by atoms with van der Waals surface area (Å²) in [5, 5.41) is 10.1. The van der Waals surface area contributed by atoms with Crippen molar-refractivity contribution in [1.29, 1.82) is 0 Å². The minimum Gasteiger partial charge on any atom is -0.322 e. The van der Waals surface area contributed by atoms with Gasteiger partial charge in [0.1, 0.15) is 0 Å². The zero-order valence-corrected chi connectivity index (χ0v) is 11.7. The molecule has 1 heterocycles. The van der Waals surface area contributed by atoms with Gasteiger partial charge in [0, 0.05) is 6.20 Å². The van der Waals surface area contributed by atoms with Gasteiger partial charge in [0.2, 0.25) is 5.91 Å². The Labute approximate surface area is 119 Å². The molecule has 2 rings (SSSR count). The van der Waals surface area contributed by atoms with Crippen LogP contribution in [-0.4, -0.2) is 28.8 Å². The van der Waals surface area contributed by atoms with Crippen molar-refractivity contribution >= 4 is 11.6 Å². The van der Waals surface area contributed by atoms with E-state index in [1.54, 1.807) is 6.20 Å². The smallest absolute Gasteiger partial charge is 0.238 e. The third-order valence-corrected chi connectivity index (χ3v) is 2.82. The number of amides is 1. The van der Waals surface area contributed by atoms with Crippen LogP contribution in [0.5, 0.6) is 0 Å². The van der Waals surface area contributed by atoms with E-state index in [2.05, 4.69) is 34.8 Å². The van der Waals surface area contributed by atoms with Crippen molar-refractivity contribution in [3.05, 3.63) is 48.3 Å². The van der Waals surface area contributed by atoms with Gasteiger partial charge in [-0.25, -0.2) is 0 Å². The summed E-state index contributed by atoms with van der Waals surface area (Å²) in [5.41, 5.74) is 1.90. The fourth-order valence-electron chi connectivity index (χ4n) is 1.87. The summed E-state index contributed by atoms with van der Waals surface area (Å²) in [6.07, 6.45) is 4.52. The molecule has 2 N–H and O–H groups in total. The van der Waals surface area contributed by atoms with Gasteiger partial charge in [-0.05, 0) is 18.5 Å². The lowest BCUT2D eigenvalue weighted by Gasteiger charge is -2.03. The van der Waals surface area contributed by atoms with Gasteiger partial charge in [-0.1, -0.05) is 37.3 Å². The first-order valence-electron chi connectivity index (χ1n) is 6.85. The van der Waals surface area contributed by atoms with E-state index in [0.29, 0.717) is 13.1 Å². The highest BCUT2D eigenvalue weighted by molar-refractivity contribution is 5.91. The molecule has 1 amide bonds. The van der Waals surface area contributed by atoms with E-state index in [9.17, 15) is 4.79 Å². The molecule has 1 aromatic heterocycles. The molecular formula is C15H20N4O. The van der Waals surface area contributed by atoms with Gasteiger partial charge in [0.05, 0.1) is 25.0 Å². The molecule has 0 saturated carbocycles. The van der Waals surface area contributed by atoms with Gasteiger partial charge >= 0.3 is 0 Å². The number of benzene rings is 1. The average molecular weight is 272 g/mol. The fraction of sp³-hybridized carbons (Fsp3) is 0.333. The van der Waals surface area contributed by atoms with Gasteiger partial charge in [0.15, 0.2) is 0 Å². The van der Waals surface area contributed by atoms with Crippen LogP contribution in [0.25, 0.3) is 0 Å². The highest BCUT2D eigenvalue weighted by atomic mass is 16.1. The van der Waals surface area contributed by atoms with Gasteiger partial charge in [0.25, 0.3) is 0 Å². The molecule has 0 saturated heterocycles. The number of nitrogens with zero attached hydrogens (tertiary/aromatic N) is 2. The van der Waals surface area contributed by atoms with E-state index in [1.165, 1.54) is 5.56 Å². The van der Waals surface area contributed by atoms with Gasteiger partial charge in [-0.15, -0.1) is 0 Å². The Morgan fingerprint density at radius 2 is 2.10 bits per heavy atom. The summed E-state index contributed by atoms with van der Waals surface area (Å²) in [5.74, 6) is -0.0438. The van der Waals surface area contributed by atoms with Crippen molar-refractivity contribution < 1.29 is 4.79 Å². The Kier molecular flexibility index (Phi) is 5.32. The third kappa shape index (κ3) is 4.51. The topological polar surface area (TPSA) is 59.0 Å². The molecule has 2 aromatic rings. The van der Waals surface area contributed by atoms with E-state index in [-0.39, 0.29) is 5.91 Å². The lowest BCUT2D eigenvalue weighted by molar-refractivity contribution is -0.115. The van der Waals surface area contributed by atoms with Gasteiger partial charge in [-0.2, -0.15) is 5.10 Å². The summed E-state index contributed by atoms with van der Waals surface area (Å²) in [6, 6.07) is 10.1. The van der Waals surface area contributed by atoms with Crippen LogP contribution < -0.4 is 10.6 Å². The Morgan fingerprint density at radius 1 is 1.30 bits per heavy atom. The summed E-state index contributed by atoms with van der Waals surface area (Å²) in [4.78, 5) is 11.6. The molecule has 0 aliphatic heterocycles. The molecule has 0 spiro atoms. The SMILES string of the molecule is CCCNCC(=O)Nc1cnn(Cc2ccccc2)c1. The lowest BCUT2D eigenvalue weighted by atomic mass is 10.2. The normalized spacial score (nSPS) is 10.4. The number of aromatic nitrogens is 2. The fourth-order valence-corrected chi connectivity index (χ4v) is 1.87. The van der Waals surface area contributed by atoms with Crippen LogP contribution in [0.15, 0.2) is 42.7 Å². The number of nitrogens with one attached hydrogen (secondary N) is 2. The number of carbonyl (C=O) groups excluding carboxylic acids is 1. The second-order valence-corrected chi connectivity index (χ2v) is 4.64. The number of hydrogen-bond acceptors (Lipinski definition) is 3. The number of hydrogen-bond donors (Lipinski definition) is 2. The van der Waals surface area contributed by atoms with E-state index in [0.717, 1.165) is 18.7 Å². The molecule has 0 bridgehead atoms. The molecule has 0 unspecified atom stereocenters. The van der Waals surface area contributed by atoms with Crippen molar-refractivity contribution in [2.24, 2.45) is 0 Å². The van der Waals surface area contributed by atoms with Crippen molar-refractivity contribution in [1.82, 2.24) is 15.1 Å². The largest absolute Gasteiger partial charge is 0.322 e. The zero-order valence-electron chi connectivity index (χ0n) is 11.7. The second kappa shape index (κ2) is 7.45. The van der Waals surface area contributed by atoms with Crippen LogP contribution in [0.3, 0.4) is 0 Å². The first kappa shape index (κ1) is 14.3. The summed E-state index contributed by atoms with van der Waals surface area (Å²) in [7, 11) is 0. The highest BCUT2D eigenvalue weighted by Crippen LogP contribution is 2.07. The second-order valence-electron chi connectivity index (χ2n) is 4.64. The van der Waals surface area contributed by atoms with Crippen LogP contribution in [0, 0.1) is 0 Å². The van der Waals surface area contributed by atoms with Crippen molar-refractivity contribution in [3.63, 3.8) is 0 Å². The molecule has 0 atom stereocenters. The molecule has 0 aliphatic carbocycles. The first-order chi connectivity index (χ1) is 9.78. The van der Waals surface area contributed by atoms with Crippen LogP contribution in [0.1, 0.15) is 18.9 Å². The summed E-state index contributed by atoms with van der Waals surface area (Å²) in [6.45, 7) is 3.95. The summed E-state index contributed by atoms with van der Waals surface area (Å²) < 4.78 is 1.81. The van der Waals surface area contributed by atoms with Gasteiger partial charge in [-0.3, -0.25) is 9.48 Å². The lowest BCUT2D eigenvalue weighted by Crippen LogP contribution is -2.28. The third-order valence-electron chi connectivity index (χ3n) is 2.82. The quantitative estimate of drug-likeness (QED) is 0.756. The molecule has 1 aromatic carbocycles. The van der Waals surface area contributed by atoms with Crippen molar-refractivity contribution in [2.45, 2.75) is 19.9 Å². The van der Waals surface area contributed by atoms with Crippen molar-refractivity contribution in [2.75, 3.05) is 18.4 Å². The first-order valence-corrected chi connectivity index (χ1v) is 6.85. The van der Waals surface area contributed by atoms with Crippen LogP contribution in [0.2, 0.25) is 0 Å². The Morgan fingerprint density at radius 3 is 2.85 bits per heavy atom. The Bertz CT molecular complexity index is 536. The number of rotatable bonds is 7. The maximum absolute atomic E-state index is 11.6. The monoisotopic (exact) mass is 272 g/mol. The van der Waals surface area contributed by atoms with Crippen LogP contribution >= 0.6 is 0 Å². The minimum absolute atomic E-state index is 0.0438. The zero-order chi connectivity index (χ0) is 14.2. The average Bonchev–Trinajstić information content (AvgIpc) is 2.87. The summed E-state index contributed by atoms with van der Waals surface area (Å²) >= 11 is 0. The molecule has 0 aliphatic rings. The molecule has 0 radical (unpaired) electrons. The Hall–Kier alpha value is -2.14. The maximum atomic E-state index is 11.6. The molecule has 0 fully saturated rings. The van der Waals surface area contributed by atoms with Crippen LogP contribution in [-0.2, 0) is 11.3 Å². The predicted octanol–water partition coefficient (Wildman–Crippen LogP) is 1.87. The van der Waals surface area contributed by atoms with E-state index < -0.39 is 0 Å². The van der Waals surface area contributed by atoms with Crippen LogP contribution in [0.4, 0.5) is 5.69 Å². The van der Waals surface area contributed by atoms with E-state index >= 15 is 0 Å². The minimum atomic E-state index is -0.0438. The molecule has 20 heavy (non-hydrogen) atoms. The van der Waals surface area contributed by atoms with Gasteiger partial charge < -0.3 is 10.6 Å². The maximum Gasteiger partial charge on any atom is 0.238 e. The van der Waals surface area contributed by atoms with Crippen molar-refractivity contribution in [3.8, 4) is 0 Å². The molecule has 5 heteroatoms. The molecular weight excluding hydrogens is 252 g/mol. The number of anilines is 1. The van der Waals surface area contributed by atoms with E-state index in [4.69, 9.17) is 0 Å². The van der Waals surface area contributed by atoms with E-state index in [1.807, 2.05) is 29.1 Å². The molecule has 5 nitrogen and oxygen atoms in total. The Balaban J connectivity index is 1.84. The highest BCUT2D eigenvalue weighted by Gasteiger charge is 2.04. The number of carbonyl (C=O) groups is 1.